The van der Waals surface area contributed by atoms with Crippen LogP contribution in [0.5, 0.6) is 5.75 Å². The van der Waals surface area contributed by atoms with Gasteiger partial charge < -0.3 is 14.6 Å². The largest absolute Gasteiger partial charge is 0.497 e. The highest BCUT2D eigenvalue weighted by Crippen LogP contribution is 2.30. The van der Waals surface area contributed by atoms with E-state index in [1.165, 1.54) is 0 Å². The van der Waals surface area contributed by atoms with Crippen molar-refractivity contribution in [2.24, 2.45) is 0 Å². The van der Waals surface area contributed by atoms with Crippen LogP contribution >= 0.6 is 11.6 Å². The average molecular weight is 542 g/mol. The summed E-state index contributed by atoms with van der Waals surface area (Å²) in [4.78, 5) is 21.2. The van der Waals surface area contributed by atoms with Gasteiger partial charge in [0.1, 0.15) is 11.8 Å². The van der Waals surface area contributed by atoms with E-state index in [0.717, 1.165) is 41.0 Å². The van der Waals surface area contributed by atoms with Gasteiger partial charge in [-0.3, -0.25) is 9.69 Å². The minimum atomic E-state index is -0.440. The van der Waals surface area contributed by atoms with E-state index < -0.39 is 6.04 Å². The van der Waals surface area contributed by atoms with Crippen molar-refractivity contribution in [1.29, 1.82) is 0 Å². The van der Waals surface area contributed by atoms with Crippen molar-refractivity contribution in [3.63, 3.8) is 0 Å². The maximum atomic E-state index is 13.5. The standard InChI is InChI=1S/C29H28ClN7O2/c1-39-24-10-11-26-21(16-24)17-25(29(38)31-26)27(28-32-33-34-37(28)19-20-6-3-2-4-7-20)36-14-12-35(13-15-36)23-9-5-8-22(30)18-23/h2-11,16-18,27H,12-15,19H2,1H3,(H,31,38). The van der Waals surface area contributed by atoms with Gasteiger partial charge in [-0.1, -0.05) is 48.0 Å². The first kappa shape index (κ1) is 25.1. The number of rotatable bonds is 7. The van der Waals surface area contributed by atoms with Gasteiger partial charge in [0.25, 0.3) is 5.56 Å². The second kappa shape index (κ2) is 10.9. The van der Waals surface area contributed by atoms with Crippen molar-refractivity contribution >= 4 is 28.2 Å². The molecule has 6 rings (SSSR count). The van der Waals surface area contributed by atoms with E-state index in [9.17, 15) is 4.79 Å². The third-order valence-electron chi connectivity index (χ3n) is 7.21. The fourth-order valence-corrected chi connectivity index (χ4v) is 5.40. The Morgan fingerprint density at radius 1 is 0.974 bits per heavy atom. The fraction of sp³-hybridized carbons (Fsp3) is 0.241. The number of pyridine rings is 1. The van der Waals surface area contributed by atoms with Crippen LogP contribution in [0.1, 0.15) is 23.0 Å². The van der Waals surface area contributed by atoms with E-state index >= 15 is 0 Å². The molecule has 0 spiro atoms. The van der Waals surface area contributed by atoms with E-state index in [1.54, 1.807) is 11.8 Å². The second-order valence-electron chi connectivity index (χ2n) is 9.59. The van der Waals surface area contributed by atoms with E-state index in [2.05, 4.69) is 36.4 Å². The van der Waals surface area contributed by atoms with Crippen LogP contribution in [0.25, 0.3) is 10.9 Å². The number of H-pyrrole nitrogens is 1. The molecule has 1 aliphatic heterocycles. The number of fused-ring (bicyclic) bond motifs is 1. The number of hydrogen-bond acceptors (Lipinski definition) is 7. The molecule has 0 saturated carbocycles. The molecule has 3 aromatic carbocycles. The first-order valence-corrected chi connectivity index (χ1v) is 13.2. The molecule has 0 aliphatic carbocycles. The van der Waals surface area contributed by atoms with Crippen molar-refractivity contribution in [2.75, 3.05) is 38.2 Å². The Morgan fingerprint density at radius 2 is 1.79 bits per heavy atom. The van der Waals surface area contributed by atoms with Crippen molar-refractivity contribution < 1.29 is 4.74 Å². The molecule has 0 bridgehead atoms. The van der Waals surface area contributed by atoms with Gasteiger partial charge in [-0.25, -0.2) is 4.68 Å². The van der Waals surface area contributed by atoms with Crippen LogP contribution in [0.15, 0.2) is 83.7 Å². The normalized spacial score (nSPS) is 15.0. The zero-order valence-corrected chi connectivity index (χ0v) is 22.3. The number of nitrogens with one attached hydrogen (secondary N) is 1. The first-order chi connectivity index (χ1) is 19.1. The molecule has 1 aliphatic rings. The lowest BCUT2D eigenvalue weighted by Crippen LogP contribution is -2.49. The summed E-state index contributed by atoms with van der Waals surface area (Å²) in [5.41, 5.74) is 3.34. The molecule has 5 aromatic rings. The number of benzene rings is 3. The molecule has 0 radical (unpaired) electrons. The lowest BCUT2D eigenvalue weighted by Gasteiger charge is -2.39. The maximum absolute atomic E-state index is 13.5. The molecule has 0 amide bonds. The van der Waals surface area contributed by atoms with Crippen LogP contribution in [0.4, 0.5) is 5.69 Å². The van der Waals surface area contributed by atoms with Crippen LogP contribution in [-0.2, 0) is 6.54 Å². The van der Waals surface area contributed by atoms with E-state index in [0.29, 0.717) is 36.0 Å². The smallest absolute Gasteiger partial charge is 0.253 e. The maximum Gasteiger partial charge on any atom is 0.253 e. The third-order valence-corrected chi connectivity index (χ3v) is 7.44. The number of aromatic nitrogens is 5. The van der Waals surface area contributed by atoms with Gasteiger partial charge in [0.05, 0.1) is 13.7 Å². The fourth-order valence-electron chi connectivity index (χ4n) is 5.22. The number of anilines is 1. The number of tetrazole rings is 1. The molecule has 1 unspecified atom stereocenters. The van der Waals surface area contributed by atoms with Crippen LogP contribution in [-0.4, -0.2) is 63.4 Å². The van der Waals surface area contributed by atoms with Crippen molar-refractivity contribution in [1.82, 2.24) is 30.1 Å². The molecule has 9 nitrogen and oxygen atoms in total. The summed E-state index contributed by atoms with van der Waals surface area (Å²) in [7, 11) is 1.63. The Kier molecular flexibility index (Phi) is 7.00. The molecule has 1 N–H and O–H groups in total. The summed E-state index contributed by atoms with van der Waals surface area (Å²) in [6, 6.07) is 25.1. The van der Waals surface area contributed by atoms with Gasteiger partial charge in [-0.05, 0) is 58.5 Å². The third kappa shape index (κ3) is 5.23. The first-order valence-electron chi connectivity index (χ1n) is 12.8. The summed E-state index contributed by atoms with van der Waals surface area (Å²) in [5.74, 6) is 1.35. The average Bonchev–Trinajstić information content (AvgIpc) is 3.41. The molecule has 1 atom stereocenters. The summed E-state index contributed by atoms with van der Waals surface area (Å²) in [5, 5.41) is 14.4. The molecule has 198 valence electrons. The minimum Gasteiger partial charge on any atom is -0.497 e. The van der Waals surface area contributed by atoms with Crippen LogP contribution in [0.2, 0.25) is 5.02 Å². The van der Waals surface area contributed by atoms with Crippen LogP contribution < -0.4 is 15.2 Å². The van der Waals surface area contributed by atoms with Crippen molar-refractivity contribution in [2.45, 2.75) is 12.6 Å². The number of methoxy groups -OCH3 is 1. The second-order valence-corrected chi connectivity index (χ2v) is 10.0. The molecule has 39 heavy (non-hydrogen) atoms. The lowest BCUT2D eigenvalue weighted by molar-refractivity contribution is 0.200. The van der Waals surface area contributed by atoms with Gasteiger partial charge in [-0.15, -0.1) is 5.10 Å². The quantitative estimate of drug-likeness (QED) is 0.331. The highest BCUT2D eigenvalue weighted by atomic mass is 35.5. The summed E-state index contributed by atoms with van der Waals surface area (Å²) in [6.07, 6.45) is 0. The molecular formula is C29H28ClN7O2. The molecule has 10 heteroatoms. The predicted octanol–water partition coefficient (Wildman–Crippen LogP) is 4.14. The van der Waals surface area contributed by atoms with Gasteiger partial charge in [0.15, 0.2) is 5.82 Å². The van der Waals surface area contributed by atoms with Gasteiger partial charge >= 0.3 is 0 Å². The highest BCUT2D eigenvalue weighted by molar-refractivity contribution is 6.30. The SMILES string of the molecule is COc1ccc2[nH]c(=O)c(C(c3nnnn3Cc3ccccc3)N3CCN(c4cccc(Cl)c4)CC3)cc2c1. The minimum absolute atomic E-state index is 0.163. The predicted molar refractivity (Wildman–Crippen MR) is 152 cm³/mol. The number of aromatic amines is 1. The van der Waals surface area contributed by atoms with Gasteiger partial charge in [-0.2, -0.15) is 0 Å². The zero-order chi connectivity index (χ0) is 26.8. The number of hydrogen-bond donors (Lipinski definition) is 1. The monoisotopic (exact) mass is 541 g/mol. The Balaban J connectivity index is 1.39. The molecule has 1 fully saturated rings. The van der Waals surface area contributed by atoms with E-state index in [4.69, 9.17) is 16.3 Å². The molecular weight excluding hydrogens is 514 g/mol. The van der Waals surface area contributed by atoms with Crippen molar-refractivity contribution in [3.8, 4) is 5.75 Å². The zero-order valence-electron chi connectivity index (χ0n) is 21.5. The Bertz CT molecular complexity index is 1640. The number of nitrogens with zero attached hydrogens (tertiary/aromatic N) is 6. The molecule has 1 saturated heterocycles. The Hall–Kier alpha value is -4.21. The number of ether oxygens (including phenoxy) is 1. The number of halogens is 1. The summed E-state index contributed by atoms with van der Waals surface area (Å²) < 4.78 is 7.23. The van der Waals surface area contributed by atoms with E-state index in [1.807, 2.05) is 72.8 Å². The topological polar surface area (TPSA) is 92.2 Å². The molecule has 2 aromatic heterocycles. The number of piperazine rings is 1. The Morgan fingerprint density at radius 3 is 2.56 bits per heavy atom. The summed E-state index contributed by atoms with van der Waals surface area (Å²) in [6.45, 7) is 3.48. The molecule has 3 heterocycles. The van der Waals surface area contributed by atoms with Gasteiger partial charge in [0, 0.05) is 53.4 Å². The van der Waals surface area contributed by atoms with E-state index in [-0.39, 0.29) is 5.56 Å². The van der Waals surface area contributed by atoms with Crippen LogP contribution in [0, 0.1) is 0 Å². The van der Waals surface area contributed by atoms with Crippen molar-refractivity contribution in [3.05, 3.63) is 111 Å². The lowest BCUT2D eigenvalue weighted by atomic mass is 10.0. The highest BCUT2D eigenvalue weighted by Gasteiger charge is 2.33. The summed E-state index contributed by atoms with van der Waals surface area (Å²) >= 11 is 6.25. The van der Waals surface area contributed by atoms with Crippen LogP contribution in [0.3, 0.4) is 0 Å². The Labute approximate surface area is 230 Å². The van der Waals surface area contributed by atoms with Gasteiger partial charge in [0.2, 0.25) is 0 Å².